The smallest absolute Gasteiger partial charge is 0.256 e. The lowest BCUT2D eigenvalue weighted by atomic mass is 10.0. The van der Waals surface area contributed by atoms with Crippen molar-refractivity contribution in [2.24, 2.45) is 5.92 Å². The van der Waals surface area contributed by atoms with Crippen LogP contribution >= 0.6 is 11.6 Å². The van der Waals surface area contributed by atoms with Crippen LogP contribution in [0.15, 0.2) is 6.07 Å². The SMILES string of the molecule is COc1cc(Cl)nc(NC(=O)C2OCCC2C)n1. The van der Waals surface area contributed by atoms with Gasteiger partial charge in [-0.2, -0.15) is 4.98 Å². The van der Waals surface area contributed by atoms with Gasteiger partial charge in [0.15, 0.2) is 0 Å². The Balaban J connectivity index is 2.09. The van der Waals surface area contributed by atoms with Crippen LogP contribution in [-0.4, -0.2) is 35.7 Å². The van der Waals surface area contributed by atoms with Gasteiger partial charge >= 0.3 is 0 Å². The maximum absolute atomic E-state index is 11.9. The van der Waals surface area contributed by atoms with E-state index in [9.17, 15) is 4.79 Å². The summed E-state index contributed by atoms with van der Waals surface area (Å²) in [4.78, 5) is 19.8. The first-order chi connectivity index (χ1) is 8.60. The van der Waals surface area contributed by atoms with Crippen LogP contribution in [0.5, 0.6) is 5.88 Å². The molecule has 2 heterocycles. The number of nitrogens with one attached hydrogen (secondary N) is 1. The lowest BCUT2D eigenvalue weighted by Crippen LogP contribution is -2.31. The number of anilines is 1. The molecule has 1 saturated heterocycles. The minimum Gasteiger partial charge on any atom is -0.481 e. The van der Waals surface area contributed by atoms with Gasteiger partial charge in [-0.15, -0.1) is 0 Å². The summed E-state index contributed by atoms with van der Waals surface area (Å²) in [5.74, 6) is 0.341. The third kappa shape index (κ3) is 2.88. The Labute approximate surface area is 110 Å². The van der Waals surface area contributed by atoms with Crippen LogP contribution in [0.2, 0.25) is 5.15 Å². The van der Waals surface area contributed by atoms with Crippen molar-refractivity contribution in [1.82, 2.24) is 9.97 Å². The molecule has 0 spiro atoms. The van der Waals surface area contributed by atoms with E-state index in [1.165, 1.54) is 13.2 Å². The van der Waals surface area contributed by atoms with E-state index in [1.54, 1.807) is 0 Å². The number of nitrogens with zero attached hydrogens (tertiary/aromatic N) is 2. The Morgan fingerprint density at radius 3 is 3.00 bits per heavy atom. The minimum atomic E-state index is -0.460. The first-order valence-electron chi connectivity index (χ1n) is 5.61. The fourth-order valence-corrected chi connectivity index (χ4v) is 1.94. The zero-order chi connectivity index (χ0) is 13.1. The average Bonchev–Trinajstić information content (AvgIpc) is 2.74. The zero-order valence-electron chi connectivity index (χ0n) is 10.1. The Morgan fingerprint density at radius 2 is 2.39 bits per heavy atom. The van der Waals surface area contributed by atoms with E-state index >= 15 is 0 Å². The summed E-state index contributed by atoms with van der Waals surface area (Å²) in [6.07, 6.45) is 0.413. The molecular weight excluding hydrogens is 258 g/mol. The summed E-state index contributed by atoms with van der Waals surface area (Å²) in [6.45, 7) is 2.57. The number of hydrogen-bond donors (Lipinski definition) is 1. The number of carbonyl (C=O) groups excluding carboxylic acids is 1. The van der Waals surface area contributed by atoms with E-state index in [2.05, 4.69) is 15.3 Å². The molecule has 1 fully saturated rings. The number of amides is 1. The Morgan fingerprint density at radius 1 is 1.61 bits per heavy atom. The first kappa shape index (κ1) is 13.0. The Bertz CT molecular complexity index is 455. The van der Waals surface area contributed by atoms with E-state index in [0.717, 1.165) is 6.42 Å². The van der Waals surface area contributed by atoms with Gasteiger partial charge in [0.05, 0.1) is 7.11 Å². The van der Waals surface area contributed by atoms with Crippen molar-refractivity contribution in [3.05, 3.63) is 11.2 Å². The molecule has 2 rings (SSSR count). The highest BCUT2D eigenvalue weighted by molar-refractivity contribution is 6.29. The molecule has 1 aromatic heterocycles. The topological polar surface area (TPSA) is 73.3 Å². The van der Waals surface area contributed by atoms with E-state index in [4.69, 9.17) is 21.1 Å². The normalized spacial score (nSPS) is 22.8. The van der Waals surface area contributed by atoms with E-state index in [1.807, 2.05) is 6.92 Å². The molecule has 1 aliphatic heterocycles. The summed E-state index contributed by atoms with van der Waals surface area (Å²) in [5.41, 5.74) is 0. The van der Waals surface area contributed by atoms with Crippen LogP contribution in [0.4, 0.5) is 5.95 Å². The number of rotatable bonds is 3. The second kappa shape index (κ2) is 5.49. The highest BCUT2D eigenvalue weighted by Gasteiger charge is 2.31. The summed E-state index contributed by atoms with van der Waals surface area (Å²) >= 11 is 5.79. The first-order valence-corrected chi connectivity index (χ1v) is 5.99. The van der Waals surface area contributed by atoms with Gasteiger partial charge in [0.1, 0.15) is 11.3 Å². The van der Waals surface area contributed by atoms with Crippen LogP contribution in [0, 0.1) is 5.92 Å². The number of hydrogen-bond acceptors (Lipinski definition) is 5. The van der Waals surface area contributed by atoms with Gasteiger partial charge in [-0.25, -0.2) is 4.98 Å². The molecule has 18 heavy (non-hydrogen) atoms. The molecule has 1 N–H and O–H groups in total. The highest BCUT2D eigenvalue weighted by atomic mass is 35.5. The lowest BCUT2D eigenvalue weighted by molar-refractivity contribution is -0.126. The van der Waals surface area contributed by atoms with Gasteiger partial charge in [0, 0.05) is 12.7 Å². The number of aromatic nitrogens is 2. The molecule has 0 saturated carbocycles. The van der Waals surface area contributed by atoms with Crippen LogP contribution < -0.4 is 10.1 Å². The summed E-state index contributed by atoms with van der Waals surface area (Å²) in [6, 6.07) is 1.46. The molecular formula is C11H14ClN3O3. The molecule has 0 bridgehead atoms. The third-order valence-corrected chi connectivity index (χ3v) is 2.95. The zero-order valence-corrected chi connectivity index (χ0v) is 10.9. The monoisotopic (exact) mass is 271 g/mol. The molecule has 1 aliphatic rings. The van der Waals surface area contributed by atoms with Gasteiger partial charge in [0.2, 0.25) is 11.8 Å². The van der Waals surface area contributed by atoms with Crippen molar-refractivity contribution in [2.45, 2.75) is 19.4 Å². The third-order valence-electron chi connectivity index (χ3n) is 2.76. The lowest BCUT2D eigenvalue weighted by Gasteiger charge is -2.13. The summed E-state index contributed by atoms with van der Waals surface area (Å²) in [5, 5.41) is 2.79. The van der Waals surface area contributed by atoms with Crippen LogP contribution in [0.3, 0.4) is 0 Å². The van der Waals surface area contributed by atoms with Crippen molar-refractivity contribution < 1.29 is 14.3 Å². The van der Waals surface area contributed by atoms with Crippen molar-refractivity contribution in [3.8, 4) is 5.88 Å². The molecule has 1 amide bonds. The van der Waals surface area contributed by atoms with Gasteiger partial charge in [-0.05, 0) is 12.3 Å². The number of carbonyl (C=O) groups is 1. The van der Waals surface area contributed by atoms with Crippen LogP contribution in [-0.2, 0) is 9.53 Å². The summed E-state index contributed by atoms with van der Waals surface area (Å²) in [7, 11) is 1.46. The van der Waals surface area contributed by atoms with E-state index in [-0.39, 0.29) is 22.9 Å². The van der Waals surface area contributed by atoms with Gasteiger partial charge in [-0.1, -0.05) is 18.5 Å². The standard InChI is InChI=1S/C11H14ClN3O3/c1-6-3-4-18-9(6)10(16)15-11-13-7(12)5-8(14-11)17-2/h5-6,9H,3-4H2,1-2H3,(H,13,14,15,16). The summed E-state index contributed by atoms with van der Waals surface area (Å²) < 4.78 is 10.3. The molecule has 0 aliphatic carbocycles. The van der Waals surface area contributed by atoms with Crippen molar-refractivity contribution in [2.75, 3.05) is 19.0 Å². The highest BCUT2D eigenvalue weighted by Crippen LogP contribution is 2.22. The molecule has 2 atom stereocenters. The fourth-order valence-electron chi connectivity index (χ4n) is 1.77. The molecule has 1 aromatic rings. The second-order valence-electron chi connectivity index (χ2n) is 4.10. The maximum atomic E-state index is 11.9. The number of methoxy groups -OCH3 is 1. The predicted molar refractivity (Wildman–Crippen MR) is 65.7 cm³/mol. The molecule has 7 heteroatoms. The average molecular weight is 272 g/mol. The van der Waals surface area contributed by atoms with Gasteiger partial charge in [0.25, 0.3) is 5.91 Å². The van der Waals surface area contributed by atoms with Crippen molar-refractivity contribution >= 4 is 23.5 Å². The largest absolute Gasteiger partial charge is 0.481 e. The van der Waals surface area contributed by atoms with E-state index in [0.29, 0.717) is 12.5 Å². The van der Waals surface area contributed by atoms with E-state index < -0.39 is 6.10 Å². The molecule has 2 unspecified atom stereocenters. The number of halogens is 1. The Hall–Kier alpha value is -1.40. The predicted octanol–water partition coefficient (Wildman–Crippen LogP) is 1.50. The number of ether oxygens (including phenoxy) is 2. The molecule has 0 radical (unpaired) electrons. The fraction of sp³-hybridized carbons (Fsp3) is 0.545. The second-order valence-corrected chi connectivity index (χ2v) is 4.49. The molecule has 0 aromatic carbocycles. The van der Waals surface area contributed by atoms with Crippen LogP contribution in [0.1, 0.15) is 13.3 Å². The van der Waals surface area contributed by atoms with Crippen molar-refractivity contribution in [3.63, 3.8) is 0 Å². The molecule has 98 valence electrons. The van der Waals surface area contributed by atoms with Crippen molar-refractivity contribution in [1.29, 1.82) is 0 Å². The van der Waals surface area contributed by atoms with Crippen LogP contribution in [0.25, 0.3) is 0 Å². The Kier molecular flexibility index (Phi) is 3.98. The van der Waals surface area contributed by atoms with Gasteiger partial charge in [-0.3, -0.25) is 10.1 Å². The maximum Gasteiger partial charge on any atom is 0.256 e. The quantitative estimate of drug-likeness (QED) is 0.844. The van der Waals surface area contributed by atoms with Gasteiger partial charge < -0.3 is 9.47 Å². The molecule has 6 nitrogen and oxygen atoms in total. The minimum absolute atomic E-state index is 0.118.